The normalized spacial score (nSPS) is 16.0. The van der Waals surface area contributed by atoms with Gasteiger partial charge in [0, 0.05) is 22.3 Å². The van der Waals surface area contributed by atoms with Gasteiger partial charge in [-0.1, -0.05) is 0 Å². The van der Waals surface area contributed by atoms with Gasteiger partial charge in [0.25, 0.3) is 0 Å². The van der Waals surface area contributed by atoms with Crippen LogP contribution in [-0.2, 0) is 12.4 Å². The van der Waals surface area contributed by atoms with Gasteiger partial charge in [-0.25, -0.2) is 52.7 Å². The Hall–Kier alpha value is -5.91. The molecule has 0 heterocycles. The molecule has 3 nitrogen and oxygen atoms in total. The van der Waals surface area contributed by atoms with Crippen molar-refractivity contribution < 1.29 is 79.0 Å². The summed E-state index contributed by atoms with van der Waals surface area (Å²) >= 11 is 0. The summed E-state index contributed by atoms with van der Waals surface area (Å²) in [6, 6.07) is 2.26. The van der Waals surface area contributed by atoms with Gasteiger partial charge in [0.15, 0.2) is 69.8 Å². The average molecular weight is 747 g/mol. The third-order valence-corrected chi connectivity index (χ3v) is 7.10. The lowest BCUT2D eigenvalue weighted by molar-refractivity contribution is -0.144. The van der Waals surface area contributed by atoms with Crippen LogP contribution in [0.3, 0.4) is 0 Å². The van der Waals surface area contributed by atoms with Gasteiger partial charge < -0.3 is 0 Å². The van der Waals surface area contributed by atoms with Crippen molar-refractivity contribution in [2.45, 2.75) is 19.3 Å². The lowest BCUT2D eigenvalue weighted by atomic mass is 9.98. The minimum Gasteiger partial charge on any atom is -0.203 e. The van der Waals surface area contributed by atoms with E-state index in [1.165, 1.54) is 0 Å². The van der Waals surface area contributed by atoms with Crippen LogP contribution in [0.25, 0.3) is 16.7 Å². The number of nitriles is 3. The van der Waals surface area contributed by atoms with Crippen molar-refractivity contribution in [1.29, 1.82) is 15.8 Å². The van der Waals surface area contributed by atoms with Gasteiger partial charge in [0.05, 0.1) is 33.4 Å². The predicted molar refractivity (Wildman–Crippen MR) is 131 cm³/mol. The zero-order valence-corrected chi connectivity index (χ0v) is 23.6. The Morgan fingerprint density at radius 3 is 0.745 bits per heavy atom. The molecule has 0 radical (unpaired) electrons. The lowest BCUT2D eigenvalue weighted by Crippen LogP contribution is -2.17. The van der Waals surface area contributed by atoms with E-state index in [1.807, 2.05) is 0 Å². The monoisotopic (exact) mass is 747 g/mol. The molecule has 0 amide bonds. The number of benzene rings is 3. The van der Waals surface area contributed by atoms with Gasteiger partial charge >= 0.3 is 12.4 Å². The van der Waals surface area contributed by atoms with Gasteiger partial charge in [-0.05, 0) is 6.92 Å². The van der Waals surface area contributed by atoms with Gasteiger partial charge in [-0.2, -0.15) is 42.1 Å². The molecule has 0 atom stereocenters. The van der Waals surface area contributed by atoms with Crippen molar-refractivity contribution in [2.24, 2.45) is 0 Å². The highest BCUT2D eigenvalue weighted by Gasteiger charge is 2.49. The van der Waals surface area contributed by atoms with Crippen LogP contribution in [0.1, 0.15) is 33.4 Å². The molecule has 21 heteroatoms. The molecule has 264 valence electrons. The number of hydrogen-bond acceptors (Lipinski definition) is 3. The second-order valence-corrected chi connectivity index (χ2v) is 9.85. The molecule has 3 aromatic carbocycles. The van der Waals surface area contributed by atoms with E-state index in [4.69, 9.17) is 0 Å². The fourth-order valence-corrected chi connectivity index (χ4v) is 4.81. The van der Waals surface area contributed by atoms with Gasteiger partial charge in [-0.3, -0.25) is 0 Å². The molecule has 1 aliphatic carbocycles. The Morgan fingerprint density at radius 1 is 0.373 bits per heavy atom. The van der Waals surface area contributed by atoms with E-state index in [1.54, 1.807) is 0 Å². The lowest BCUT2D eigenvalue weighted by Gasteiger charge is -2.14. The third-order valence-electron chi connectivity index (χ3n) is 7.10. The molecule has 51 heavy (non-hydrogen) atoms. The van der Waals surface area contributed by atoms with Gasteiger partial charge in [-0.15, -0.1) is 0 Å². The zero-order chi connectivity index (χ0) is 39.0. The second-order valence-electron chi connectivity index (χ2n) is 9.85. The molecule has 0 N–H and O–H groups in total. The van der Waals surface area contributed by atoms with Crippen molar-refractivity contribution in [3.8, 4) is 18.2 Å². The predicted octanol–water partition coefficient (Wildman–Crippen LogP) is 9.95. The van der Waals surface area contributed by atoms with E-state index in [9.17, 15) is 77.3 Å². The van der Waals surface area contributed by atoms with E-state index in [0.29, 0.717) is 19.1 Å². The first kappa shape index (κ1) is 37.9. The largest absolute Gasteiger partial charge is 0.422 e. The van der Waals surface area contributed by atoms with E-state index >= 15 is 17.6 Å². The molecule has 1 aliphatic rings. The fourth-order valence-electron chi connectivity index (χ4n) is 4.81. The minimum atomic E-state index is -6.19. The Morgan fingerprint density at radius 2 is 0.569 bits per heavy atom. The van der Waals surface area contributed by atoms with Crippen LogP contribution in [0.15, 0.2) is 16.7 Å². The summed E-state index contributed by atoms with van der Waals surface area (Å²) in [5, 5.41) is 29.2. The van der Waals surface area contributed by atoms with Crippen LogP contribution in [0, 0.1) is 111 Å². The van der Waals surface area contributed by atoms with Crippen molar-refractivity contribution in [1.82, 2.24) is 0 Å². The molecule has 0 aromatic heterocycles. The maximum Gasteiger partial charge on any atom is 0.422 e. The zero-order valence-electron chi connectivity index (χ0n) is 23.6. The summed E-state index contributed by atoms with van der Waals surface area (Å²) in [6.45, 7) is 0.438. The smallest absolute Gasteiger partial charge is 0.203 e. The van der Waals surface area contributed by atoms with Crippen molar-refractivity contribution in [3.63, 3.8) is 0 Å². The maximum atomic E-state index is 15.0. The molecule has 4 rings (SSSR count). The van der Waals surface area contributed by atoms with Crippen molar-refractivity contribution in [2.75, 3.05) is 0 Å². The standard InChI is InChI=1S/C30H3F18N3/c1-5-17(31)19(33)12(20(34)18(5)32)6(2-49)9-10(7(3-50)13-21(35)25(39)15(29(43,44)45)26(40)22(13)36)11(9)8(4-51)14-23(37)27(41)16(30(46,47)48)28(42)24(14)38/h1H3/b9-6-,10-7?,11-8-. The number of rotatable bonds is 3. The summed E-state index contributed by atoms with van der Waals surface area (Å²) < 4.78 is 256. The maximum absolute atomic E-state index is 15.0. The number of allylic oxidation sites excluding steroid dienone is 6. The molecule has 0 unspecified atom stereocenters. The molecular weight excluding hydrogens is 744 g/mol. The SMILES string of the molecule is Cc1c(F)c(F)c(/C(C#N)=C2/C(=C(C#N)c3c(F)c(F)c(C(F)(F)F)c(F)c3F)/C2=C(/C#N)c2c(F)c(F)c(C(F)(F)F)c(F)c2F)c(F)c1F. The van der Waals surface area contributed by atoms with Crippen LogP contribution < -0.4 is 0 Å². The molecule has 0 aliphatic heterocycles. The Bertz CT molecular complexity index is 2130. The molecule has 1 saturated carbocycles. The number of hydrogen-bond donors (Lipinski definition) is 0. The minimum absolute atomic E-state index is 0.438. The highest BCUT2D eigenvalue weighted by molar-refractivity contribution is 6.12. The van der Waals surface area contributed by atoms with Gasteiger partial charge in [0.2, 0.25) is 0 Å². The quantitative estimate of drug-likeness (QED) is 0.152. The fraction of sp³-hybridized carbons (Fsp3) is 0.100. The summed E-state index contributed by atoms with van der Waals surface area (Å²) in [5.74, 6) is -35.0. The van der Waals surface area contributed by atoms with Crippen molar-refractivity contribution in [3.05, 3.63) is 120 Å². The Labute approximate surface area is 269 Å². The molecule has 1 fully saturated rings. The van der Waals surface area contributed by atoms with Crippen LogP contribution >= 0.6 is 0 Å². The first-order valence-corrected chi connectivity index (χ1v) is 12.6. The average Bonchev–Trinajstić information content (AvgIpc) is 3.75. The van der Waals surface area contributed by atoms with E-state index in [2.05, 4.69) is 0 Å². The molecule has 0 saturated heterocycles. The summed E-state index contributed by atoms with van der Waals surface area (Å²) in [4.78, 5) is 0. The molecular formula is C30H3F18N3. The number of halogens is 18. The van der Waals surface area contributed by atoms with E-state index in [0.717, 1.165) is 6.07 Å². The third kappa shape index (κ3) is 5.60. The highest BCUT2D eigenvalue weighted by atomic mass is 19.4. The van der Waals surface area contributed by atoms with E-state index < -0.39 is 149 Å². The Kier molecular flexibility index (Phi) is 9.25. The van der Waals surface area contributed by atoms with Crippen LogP contribution in [0.5, 0.6) is 0 Å². The summed E-state index contributed by atoms with van der Waals surface area (Å²) in [7, 11) is 0. The Balaban J connectivity index is 2.37. The second kappa shape index (κ2) is 12.4. The topological polar surface area (TPSA) is 71.4 Å². The van der Waals surface area contributed by atoms with Crippen LogP contribution in [-0.4, -0.2) is 0 Å². The van der Waals surface area contributed by atoms with Crippen molar-refractivity contribution >= 4 is 16.7 Å². The molecule has 0 bridgehead atoms. The summed E-state index contributed by atoms with van der Waals surface area (Å²) in [6.07, 6.45) is -12.4. The summed E-state index contributed by atoms with van der Waals surface area (Å²) in [5.41, 5.74) is -26.3. The molecule has 0 spiro atoms. The first-order valence-electron chi connectivity index (χ1n) is 12.6. The first-order chi connectivity index (χ1) is 23.4. The van der Waals surface area contributed by atoms with Crippen LogP contribution in [0.2, 0.25) is 0 Å². The van der Waals surface area contributed by atoms with E-state index in [-0.39, 0.29) is 0 Å². The molecule has 3 aromatic rings. The van der Waals surface area contributed by atoms with Crippen LogP contribution in [0.4, 0.5) is 79.0 Å². The number of alkyl halides is 6. The highest BCUT2D eigenvalue weighted by Crippen LogP contribution is 2.58. The number of nitrogens with zero attached hydrogens (tertiary/aromatic N) is 3. The van der Waals surface area contributed by atoms with Gasteiger partial charge in [0.1, 0.15) is 29.3 Å².